The van der Waals surface area contributed by atoms with E-state index in [4.69, 9.17) is 5.11 Å². The molecule has 0 heterocycles. The summed E-state index contributed by atoms with van der Waals surface area (Å²) in [6, 6.07) is 0. The third-order valence-corrected chi connectivity index (χ3v) is 1.75. The Morgan fingerprint density at radius 1 is 1.33 bits per heavy atom. The predicted molar refractivity (Wildman–Crippen MR) is 61.6 cm³/mol. The first-order valence-corrected chi connectivity index (χ1v) is 5.47. The number of carbonyl (C=O) groups excluding carboxylic acids is 1. The van der Waals surface area contributed by atoms with Crippen molar-refractivity contribution in [3.05, 3.63) is 0 Å². The van der Waals surface area contributed by atoms with Gasteiger partial charge in [-0.3, -0.25) is 4.79 Å². The highest BCUT2D eigenvalue weighted by molar-refractivity contribution is 5.76. The van der Waals surface area contributed by atoms with Gasteiger partial charge in [0.05, 0.1) is 6.10 Å². The summed E-state index contributed by atoms with van der Waals surface area (Å²) in [5.41, 5.74) is 0.0388. The number of carbonyl (C=O) groups is 1. The van der Waals surface area contributed by atoms with Crippen LogP contribution in [-0.4, -0.2) is 36.8 Å². The van der Waals surface area contributed by atoms with Crippen LogP contribution in [0.1, 0.15) is 34.1 Å². The average Bonchev–Trinajstić information content (AvgIpc) is 1.99. The van der Waals surface area contributed by atoms with Gasteiger partial charge in [0.15, 0.2) is 0 Å². The molecule has 90 valence electrons. The Bertz CT molecular complexity index is 186. The van der Waals surface area contributed by atoms with Gasteiger partial charge in [-0.1, -0.05) is 20.8 Å². The van der Waals surface area contributed by atoms with Gasteiger partial charge in [-0.15, -0.1) is 0 Å². The molecule has 0 aliphatic rings. The second-order valence-electron chi connectivity index (χ2n) is 5.14. The SMILES string of the molecule is CC(O)CNCCNC(=O)CC(C)(C)C. The van der Waals surface area contributed by atoms with Crippen LogP contribution in [0.4, 0.5) is 0 Å². The lowest BCUT2D eigenvalue weighted by atomic mass is 9.92. The minimum atomic E-state index is -0.338. The minimum Gasteiger partial charge on any atom is -0.392 e. The average molecular weight is 216 g/mol. The van der Waals surface area contributed by atoms with Gasteiger partial charge in [0.2, 0.25) is 5.91 Å². The maximum absolute atomic E-state index is 11.4. The first-order chi connectivity index (χ1) is 6.81. The Labute approximate surface area is 92.4 Å². The maximum atomic E-state index is 11.4. The summed E-state index contributed by atoms with van der Waals surface area (Å²) in [5.74, 6) is 0.0846. The fraction of sp³-hybridized carbons (Fsp3) is 0.909. The Morgan fingerprint density at radius 2 is 1.93 bits per heavy atom. The topological polar surface area (TPSA) is 61.4 Å². The molecule has 15 heavy (non-hydrogen) atoms. The Hall–Kier alpha value is -0.610. The highest BCUT2D eigenvalue weighted by Gasteiger charge is 2.14. The standard InChI is InChI=1S/C11H24N2O2/c1-9(14)8-12-5-6-13-10(15)7-11(2,3)4/h9,12,14H,5-8H2,1-4H3,(H,13,15). The van der Waals surface area contributed by atoms with Crippen LogP contribution >= 0.6 is 0 Å². The molecule has 0 bridgehead atoms. The molecule has 0 radical (unpaired) electrons. The molecule has 1 amide bonds. The molecule has 1 atom stereocenters. The van der Waals surface area contributed by atoms with Crippen molar-refractivity contribution in [2.75, 3.05) is 19.6 Å². The quantitative estimate of drug-likeness (QED) is 0.567. The lowest BCUT2D eigenvalue weighted by molar-refractivity contribution is -0.122. The van der Waals surface area contributed by atoms with Crippen molar-refractivity contribution in [2.45, 2.75) is 40.2 Å². The van der Waals surface area contributed by atoms with Gasteiger partial charge in [0, 0.05) is 26.1 Å². The zero-order valence-corrected chi connectivity index (χ0v) is 10.3. The minimum absolute atomic E-state index is 0.0388. The normalized spacial score (nSPS) is 13.7. The van der Waals surface area contributed by atoms with E-state index in [1.54, 1.807) is 6.92 Å². The van der Waals surface area contributed by atoms with Crippen molar-refractivity contribution in [1.29, 1.82) is 0 Å². The van der Waals surface area contributed by atoms with Crippen LogP contribution in [0.5, 0.6) is 0 Å². The first-order valence-electron chi connectivity index (χ1n) is 5.47. The number of nitrogens with one attached hydrogen (secondary N) is 2. The molecule has 0 aromatic carbocycles. The van der Waals surface area contributed by atoms with Crippen LogP contribution < -0.4 is 10.6 Å². The molecule has 0 aromatic heterocycles. The molecule has 0 saturated heterocycles. The zero-order chi connectivity index (χ0) is 11.9. The van der Waals surface area contributed by atoms with Crippen molar-refractivity contribution >= 4 is 5.91 Å². The van der Waals surface area contributed by atoms with Gasteiger partial charge in [0.25, 0.3) is 0 Å². The van der Waals surface area contributed by atoms with Gasteiger partial charge in [-0.25, -0.2) is 0 Å². The van der Waals surface area contributed by atoms with E-state index in [2.05, 4.69) is 10.6 Å². The van der Waals surface area contributed by atoms with E-state index in [1.807, 2.05) is 20.8 Å². The third kappa shape index (κ3) is 11.3. The summed E-state index contributed by atoms with van der Waals surface area (Å²) in [6.45, 7) is 9.72. The molecule has 0 aliphatic carbocycles. The van der Waals surface area contributed by atoms with Crippen LogP contribution in [0, 0.1) is 5.41 Å². The number of rotatable bonds is 6. The summed E-state index contributed by atoms with van der Waals surface area (Å²) < 4.78 is 0. The first kappa shape index (κ1) is 14.4. The van der Waals surface area contributed by atoms with Crippen LogP contribution in [0.3, 0.4) is 0 Å². The molecular formula is C11H24N2O2. The number of hydrogen-bond donors (Lipinski definition) is 3. The number of hydrogen-bond acceptors (Lipinski definition) is 3. The summed E-state index contributed by atoms with van der Waals surface area (Å²) in [5, 5.41) is 14.8. The van der Waals surface area contributed by atoms with Crippen LogP contribution in [-0.2, 0) is 4.79 Å². The highest BCUT2D eigenvalue weighted by Crippen LogP contribution is 2.17. The van der Waals surface area contributed by atoms with Crippen LogP contribution in [0.25, 0.3) is 0 Å². The summed E-state index contributed by atoms with van der Waals surface area (Å²) in [7, 11) is 0. The summed E-state index contributed by atoms with van der Waals surface area (Å²) in [4.78, 5) is 11.4. The van der Waals surface area contributed by atoms with E-state index < -0.39 is 0 Å². The van der Waals surface area contributed by atoms with Gasteiger partial charge in [-0.05, 0) is 12.3 Å². The van der Waals surface area contributed by atoms with E-state index in [0.29, 0.717) is 26.1 Å². The van der Waals surface area contributed by atoms with Crippen molar-refractivity contribution in [1.82, 2.24) is 10.6 Å². The molecule has 0 aliphatic heterocycles. The summed E-state index contributed by atoms with van der Waals surface area (Å²) >= 11 is 0. The van der Waals surface area contributed by atoms with E-state index in [-0.39, 0.29) is 17.4 Å². The van der Waals surface area contributed by atoms with E-state index in [1.165, 1.54) is 0 Å². The second-order valence-corrected chi connectivity index (χ2v) is 5.14. The fourth-order valence-corrected chi connectivity index (χ4v) is 1.15. The van der Waals surface area contributed by atoms with Crippen molar-refractivity contribution in [3.63, 3.8) is 0 Å². The molecule has 1 unspecified atom stereocenters. The lowest BCUT2D eigenvalue weighted by Crippen LogP contribution is -2.35. The second kappa shape index (κ2) is 6.80. The molecule has 3 N–H and O–H groups in total. The molecule has 4 nitrogen and oxygen atoms in total. The van der Waals surface area contributed by atoms with E-state index in [9.17, 15) is 4.79 Å². The van der Waals surface area contributed by atoms with E-state index >= 15 is 0 Å². The van der Waals surface area contributed by atoms with Crippen molar-refractivity contribution in [2.24, 2.45) is 5.41 Å². The predicted octanol–water partition coefficient (Wildman–Crippen LogP) is 0.509. The number of amides is 1. The molecule has 0 spiro atoms. The molecule has 0 aromatic rings. The highest BCUT2D eigenvalue weighted by atomic mass is 16.3. The van der Waals surface area contributed by atoms with Crippen LogP contribution in [0.15, 0.2) is 0 Å². The van der Waals surface area contributed by atoms with Crippen molar-refractivity contribution in [3.8, 4) is 0 Å². The largest absolute Gasteiger partial charge is 0.392 e. The van der Waals surface area contributed by atoms with Gasteiger partial charge >= 0.3 is 0 Å². The third-order valence-electron chi connectivity index (χ3n) is 1.75. The molecule has 0 saturated carbocycles. The Kier molecular flexibility index (Phi) is 6.52. The van der Waals surface area contributed by atoms with Gasteiger partial charge in [-0.2, -0.15) is 0 Å². The zero-order valence-electron chi connectivity index (χ0n) is 10.3. The molecular weight excluding hydrogens is 192 g/mol. The van der Waals surface area contributed by atoms with Gasteiger partial charge in [0.1, 0.15) is 0 Å². The maximum Gasteiger partial charge on any atom is 0.220 e. The molecule has 0 rings (SSSR count). The van der Waals surface area contributed by atoms with Crippen LogP contribution in [0.2, 0.25) is 0 Å². The Morgan fingerprint density at radius 3 is 2.40 bits per heavy atom. The number of aliphatic hydroxyl groups is 1. The monoisotopic (exact) mass is 216 g/mol. The summed E-state index contributed by atoms with van der Waals surface area (Å²) in [6.07, 6.45) is 0.207. The van der Waals surface area contributed by atoms with Gasteiger partial charge < -0.3 is 15.7 Å². The fourth-order valence-electron chi connectivity index (χ4n) is 1.15. The van der Waals surface area contributed by atoms with E-state index in [0.717, 1.165) is 0 Å². The lowest BCUT2D eigenvalue weighted by Gasteiger charge is -2.17. The smallest absolute Gasteiger partial charge is 0.220 e. The molecule has 0 fully saturated rings. The van der Waals surface area contributed by atoms with Crippen molar-refractivity contribution < 1.29 is 9.90 Å². The molecule has 4 heteroatoms. The Balaban J connectivity index is 3.40. The number of aliphatic hydroxyl groups excluding tert-OH is 1.